The van der Waals surface area contributed by atoms with Crippen molar-refractivity contribution >= 4 is 17.5 Å². The number of aromatic nitrogens is 2. The highest BCUT2D eigenvalue weighted by Gasteiger charge is 2.23. The fraction of sp³-hybridized carbons (Fsp3) is 0.438. The number of hydrogen-bond donors (Lipinski definition) is 0. The molecule has 0 aliphatic rings. The van der Waals surface area contributed by atoms with Gasteiger partial charge < -0.3 is 4.52 Å². The minimum absolute atomic E-state index is 0.000351. The molecule has 2 rings (SSSR count). The summed E-state index contributed by atoms with van der Waals surface area (Å²) >= 11 is 1.79. The molecular weight excluding hydrogens is 284 g/mol. The third-order valence-corrected chi connectivity index (χ3v) is 4.70. The Bertz CT molecular complexity index is 583. The minimum Gasteiger partial charge on any atom is -0.339 e. The van der Waals surface area contributed by atoms with E-state index in [1.165, 1.54) is 0 Å². The predicted molar refractivity (Wildman–Crippen MR) is 84.5 cm³/mol. The molecule has 0 spiro atoms. The summed E-state index contributed by atoms with van der Waals surface area (Å²) in [5, 5.41) is 4.53. The van der Waals surface area contributed by atoms with Crippen LogP contribution in [-0.2, 0) is 5.75 Å². The van der Waals surface area contributed by atoms with Gasteiger partial charge in [-0.1, -0.05) is 49.3 Å². The highest BCUT2D eigenvalue weighted by Crippen LogP contribution is 2.22. The van der Waals surface area contributed by atoms with Gasteiger partial charge in [-0.15, -0.1) is 0 Å². The number of hydrogen-bond acceptors (Lipinski definition) is 5. The fourth-order valence-corrected chi connectivity index (χ4v) is 2.59. The summed E-state index contributed by atoms with van der Waals surface area (Å²) in [4.78, 5) is 16.7. The monoisotopic (exact) mass is 304 g/mol. The lowest BCUT2D eigenvalue weighted by atomic mass is 9.99. The van der Waals surface area contributed by atoms with E-state index in [0.717, 1.165) is 6.42 Å². The van der Waals surface area contributed by atoms with Gasteiger partial charge in [0.05, 0.1) is 11.7 Å². The van der Waals surface area contributed by atoms with Crippen molar-refractivity contribution in [3.8, 4) is 0 Å². The first-order chi connectivity index (χ1) is 10.1. The van der Waals surface area contributed by atoms with Gasteiger partial charge in [-0.2, -0.15) is 16.7 Å². The SMILES string of the molecule is CCC(C)SCc1noc(C(C)C(=O)c2ccccc2)n1. The summed E-state index contributed by atoms with van der Waals surface area (Å²) in [5.41, 5.74) is 0.665. The zero-order valence-corrected chi connectivity index (χ0v) is 13.4. The maximum absolute atomic E-state index is 12.3. The zero-order chi connectivity index (χ0) is 15.2. The van der Waals surface area contributed by atoms with Crippen molar-refractivity contribution in [3.05, 3.63) is 47.6 Å². The molecule has 0 aliphatic heterocycles. The highest BCUT2D eigenvalue weighted by atomic mass is 32.2. The standard InChI is InChI=1S/C16H20N2O2S/c1-4-11(2)21-10-14-17-16(20-18-14)12(3)15(19)13-8-6-5-7-9-13/h5-9,11-12H,4,10H2,1-3H3. The summed E-state index contributed by atoms with van der Waals surface area (Å²) in [6, 6.07) is 9.19. The van der Waals surface area contributed by atoms with Gasteiger partial charge in [0.1, 0.15) is 0 Å². The second kappa shape index (κ2) is 7.41. The Morgan fingerprint density at radius 2 is 2.00 bits per heavy atom. The number of nitrogens with zero attached hydrogens (tertiary/aromatic N) is 2. The van der Waals surface area contributed by atoms with Crippen molar-refractivity contribution in [3.63, 3.8) is 0 Å². The number of benzene rings is 1. The lowest BCUT2D eigenvalue weighted by molar-refractivity contribution is 0.0951. The van der Waals surface area contributed by atoms with Crippen molar-refractivity contribution in [1.29, 1.82) is 0 Å². The van der Waals surface area contributed by atoms with E-state index in [9.17, 15) is 4.79 Å². The van der Waals surface area contributed by atoms with Crippen LogP contribution in [0, 0.1) is 0 Å². The Labute approximate surface area is 129 Å². The van der Waals surface area contributed by atoms with Crippen molar-refractivity contribution in [2.75, 3.05) is 0 Å². The molecule has 1 aromatic carbocycles. The first-order valence-corrected chi connectivity index (χ1v) is 8.20. The average Bonchev–Trinajstić information content (AvgIpc) is 3.00. The van der Waals surface area contributed by atoms with E-state index >= 15 is 0 Å². The maximum atomic E-state index is 12.3. The largest absolute Gasteiger partial charge is 0.339 e. The molecule has 0 radical (unpaired) electrons. The Kier molecular flexibility index (Phi) is 5.56. The summed E-state index contributed by atoms with van der Waals surface area (Å²) in [7, 11) is 0. The van der Waals surface area contributed by atoms with Crippen LogP contribution in [0.25, 0.3) is 0 Å². The number of carbonyl (C=O) groups excluding carboxylic acids is 1. The smallest absolute Gasteiger partial charge is 0.237 e. The molecule has 0 amide bonds. The second-order valence-electron chi connectivity index (χ2n) is 5.03. The van der Waals surface area contributed by atoms with Crippen LogP contribution in [0.1, 0.15) is 55.2 Å². The van der Waals surface area contributed by atoms with Crippen LogP contribution in [0.3, 0.4) is 0 Å². The topological polar surface area (TPSA) is 56.0 Å². The van der Waals surface area contributed by atoms with Crippen LogP contribution in [0.2, 0.25) is 0 Å². The second-order valence-corrected chi connectivity index (χ2v) is 6.46. The molecule has 4 nitrogen and oxygen atoms in total. The van der Waals surface area contributed by atoms with E-state index in [-0.39, 0.29) is 5.78 Å². The van der Waals surface area contributed by atoms with Crippen molar-refractivity contribution < 1.29 is 9.32 Å². The van der Waals surface area contributed by atoms with Gasteiger partial charge in [0.25, 0.3) is 0 Å². The molecule has 2 aromatic rings. The van der Waals surface area contributed by atoms with E-state index in [2.05, 4.69) is 24.0 Å². The summed E-state index contributed by atoms with van der Waals surface area (Å²) < 4.78 is 5.24. The highest BCUT2D eigenvalue weighted by molar-refractivity contribution is 7.99. The first-order valence-electron chi connectivity index (χ1n) is 7.15. The van der Waals surface area contributed by atoms with Crippen LogP contribution in [0.15, 0.2) is 34.9 Å². The summed E-state index contributed by atoms with van der Waals surface area (Å²) in [5.74, 6) is 1.35. The van der Waals surface area contributed by atoms with Crippen molar-refractivity contribution in [2.24, 2.45) is 0 Å². The van der Waals surface area contributed by atoms with E-state index in [0.29, 0.717) is 28.3 Å². The molecule has 112 valence electrons. The van der Waals surface area contributed by atoms with Gasteiger partial charge in [0, 0.05) is 10.8 Å². The zero-order valence-electron chi connectivity index (χ0n) is 12.6. The molecule has 0 fully saturated rings. The summed E-state index contributed by atoms with van der Waals surface area (Å²) in [6.45, 7) is 6.13. The van der Waals surface area contributed by atoms with E-state index in [4.69, 9.17) is 4.52 Å². The molecule has 0 bridgehead atoms. The lowest BCUT2D eigenvalue weighted by Gasteiger charge is -2.05. The number of rotatable bonds is 7. The van der Waals surface area contributed by atoms with Crippen LogP contribution < -0.4 is 0 Å². The van der Waals surface area contributed by atoms with Crippen molar-refractivity contribution in [1.82, 2.24) is 10.1 Å². The third-order valence-electron chi connectivity index (χ3n) is 3.38. The Morgan fingerprint density at radius 3 is 2.67 bits per heavy atom. The van der Waals surface area contributed by atoms with E-state index < -0.39 is 5.92 Å². The molecule has 2 unspecified atom stereocenters. The fourth-order valence-electron chi connectivity index (χ4n) is 1.80. The minimum atomic E-state index is -0.415. The van der Waals surface area contributed by atoms with E-state index in [1.54, 1.807) is 30.8 Å². The molecule has 1 heterocycles. The number of carbonyl (C=O) groups is 1. The Morgan fingerprint density at radius 1 is 1.29 bits per heavy atom. The molecule has 0 N–H and O–H groups in total. The molecular formula is C16H20N2O2S. The van der Waals surface area contributed by atoms with Gasteiger partial charge in [-0.3, -0.25) is 4.79 Å². The van der Waals surface area contributed by atoms with Crippen LogP contribution in [-0.4, -0.2) is 21.2 Å². The van der Waals surface area contributed by atoms with Crippen molar-refractivity contribution in [2.45, 2.75) is 44.1 Å². The molecule has 21 heavy (non-hydrogen) atoms. The van der Waals surface area contributed by atoms with E-state index in [1.807, 2.05) is 18.2 Å². The number of ketones is 1. The number of Topliss-reactive ketones (excluding diaryl/α,β-unsaturated/α-hetero) is 1. The van der Waals surface area contributed by atoms with Crippen LogP contribution >= 0.6 is 11.8 Å². The molecule has 0 saturated heterocycles. The van der Waals surface area contributed by atoms with Gasteiger partial charge in [0.2, 0.25) is 5.89 Å². The quantitative estimate of drug-likeness (QED) is 0.721. The Balaban J connectivity index is 2.02. The average molecular weight is 304 g/mol. The summed E-state index contributed by atoms with van der Waals surface area (Å²) in [6.07, 6.45) is 1.11. The maximum Gasteiger partial charge on any atom is 0.237 e. The van der Waals surface area contributed by atoms with Gasteiger partial charge in [-0.05, 0) is 13.3 Å². The third kappa shape index (κ3) is 4.17. The van der Waals surface area contributed by atoms with Gasteiger partial charge in [0.15, 0.2) is 11.6 Å². The predicted octanol–water partition coefficient (Wildman–Crippen LogP) is 4.09. The van der Waals surface area contributed by atoms with Gasteiger partial charge in [-0.25, -0.2) is 0 Å². The molecule has 5 heteroatoms. The lowest BCUT2D eigenvalue weighted by Crippen LogP contribution is -2.10. The molecule has 2 atom stereocenters. The molecule has 1 aromatic heterocycles. The number of thioether (sulfide) groups is 1. The van der Waals surface area contributed by atoms with Crippen LogP contribution in [0.5, 0.6) is 0 Å². The van der Waals surface area contributed by atoms with Gasteiger partial charge >= 0.3 is 0 Å². The van der Waals surface area contributed by atoms with Crippen LogP contribution in [0.4, 0.5) is 0 Å². The normalized spacial score (nSPS) is 13.9. The molecule has 0 saturated carbocycles. The Hall–Kier alpha value is -1.62. The first kappa shape index (κ1) is 15.8. The molecule has 0 aliphatic carbocycles.